The van der Waals surface area contributed by atoms with Crippen LogP contribution in [0.1, 0.15) is 90.9 Å². The molecule has 0 amide bonds. The van der Waals surface area contributed by atoms with E-state index in [1.165, 1.54) is 83.6 Å². The average Bonchev–Trinajstić information content (AvgIpc) is 3.12. The Morgan fingerprint density at radius 1 is 0.952 bits per heavy atom. The maximum atomic E-state index is 6.08. The normalized spacial score (nSPS) is 29.1. The van der Waals surface area contributed by atoms with Crippen LogP contribution in [0.5, 0.6) is 0 Å². The molecule has 0 saturated carbocycles. The molecule has 4 atom stereocenters. The first kappa shape index (κ1) is 17.3. The van der Waals surface area contributed by atoms with Crippen molar-refractivity contribution in [2.45, 2.75) is 109 Å². The van der Waals surface area contributed by atoms with E-state index < -0.39 is 0 Å². The second kappa shape index (κ2) is 9.84. The van der Waals surface area contributed by atoms with Gasteiger partial charge in [0.15, 0.2) is 0 Å². The van der Waals surface area contributed by atoms with Gasteiger partial charge in [-0.2, -0.15) is 0 Å². The average molecular weight is 296 g/mol. The summed E-state index contributed by atoms with van der Waals surface area (Å²) in [4.78, 5) is 0. The van der Waals surface area contributed by atoms with Crippen LogP contribution < -0.4 is 5.32 Å². The van der Waals surface area contributed by atoms with Gasteiger partial charge in [-0.15, -0.1) is 0 Å². The zero-order valence-electron chi connectivity index (χ0n) is 14.4. The van der Waals surface area contributed by atoms with E-state index in [0.717, 1.165) is 12.0 Å². The Morgan fingerprint density at radius 3 is 2.33 bits per heavy atom. The molecule has 1 N–H and O–H groups in total. The highest BCUT2D eigenvalue weighted by atomic mass is 16.5. The lowest BCUT2D eigenvalue weighted by molar-refractivity contribution is 0.0847. The number of rotatable bonds is 12. The Morgan fingerprint density at radius 2 is 1.71 bits per heavy atom. The Balaban J connectivity index is 1.63. The van der Waals surface area contributed by atoms with Crippen molar-refractivity contribution in [2.75, 3.05) is 6.54 Å². The lowest BCUT2D eigenvalue weighted by atomic mass is 9.81. The highest BCUT2D eigenvalue weighted by Crippen LogP contribution is 2.41. The molecule has 0 aromatic heterocycles. The summed E-state index contributed by atoms with van der Waals surface area (Å²) in [7, 11) is 0. The molecule has 2 aliphatic heterocycles. The van der Waals surface area contributed by atoms with Crippen molar-refractivity contribution < 1.29 is 4.74 Å². The molecular formula is C19H37NO. The third kappa shape index (κ3) is 5.56. The molecule has 0 spiro atoms. The molecule has 0 aromatic carbocycles. The Labute approximate surface area is 132 Å². The molecule has 0 aliphatic carbocycles. The third-order valence-electron chi connectivity index (χ3n) is 5.45. The minimum absolute atomic E-state index is 0.578. The summed E-state index contributed by atoms with van der Waals surface area (Å²) >= 11 is 0. The summed E-state index contributed by atoms with van der Waals surface area (Å²) in [5.41, 5.74) is 0. The van der Waals surface area contributed by atoms with E-state index in [-0.39, 0.29) is 0 Å². The van der Waals surface area contributed by atoms with Gasteiger partial charge in [-0.1, -0.05) is 58.8 Å². The van der Waals surface area contributed by atoms with Gasteiger partial charge < -0.3 is 10.1 Å². The van der Waals surface area contributed by atoms with Crippen LogP contribution in [-0.4, -0.2) is 24.8 Å². The highest BCUT2D eigenvalue weighted by molar-refractivity contribution is 4.95. The molecule has 2 rings (SSSR count). The Bertz CT molecular complexity index is 268. The second-order valence-corrected chi connectivity index (χ2v) is 7.24. The topological polar surface area (TPSA) is 21.3 Å². The van der Waals surface area contributed by atoms with E-state index >= 15 is 0 Å². The monoisotopic (exact) mass is 295 g/mol. The lowest BCUT2D eigenvalue weighted by Crippen LogP contribution is -2.41. The first-order valence-corrected chi connectivity index (χ1v) is 9.74. The van der Waals surface area contributed by atoms with Crippen LogP contribution in [-0.2, 0) is 4.74 Å². The molecule has 0 aromatic rings. The number of hydrogen-bond donors (Lipinski definition) is 1. The molecule has 0 radical (unpaired) electrons. The zero-order chi connectivity index (χ0) is 14.9. The largest absolute Gasteiger partial charge is 0.375 e. The van der Waals surface area contributed by atoms with Crippen LogP contribution in [0.15, 0.2) is 0 Å². The van der Waals surface area contributed by atoms with Crippen LogP contribution in [0.3, 0.4) is 0 Å². The fraction of sp³-hybridized carbons (Fsp3) is 1.00. The standard InChI is InChI=1S/C19H37NO/c1-3-5-6-7-8-9-10-11-18(20-14-4-2)17-15-16-12-13-19(17)21-16/h16-20H,3-15H2,1-2H3. The molecule has 2 heteroatoms. The molecule has 2 heterocycles. The molecule has 4 unspecified atom stereocenters. The van der Waals surface area contributed by atoms with Gasteiger partial charge in [0.1, 0.15) is 0 Å². The van der Waals surface area contributed by atoms with Gasteiger partial charge in [0, 0.05) is 12.0 Å². The van der Waals surface area contributed by atoms with Crippen LogP contribution in [0, 0.1) is 5.92 Å². The minimum Gasteiger partial charge on any atom is -0.375 e. The number of ether oxygens (including phenoxy) is 1. The first-order chi connectivity index (χ1) is 10.3. The lowest BCUT2D eigenvalue weighted by Gasteiger charge is -2.29. The van der Waals surface area contributed by atoms with Crippen LogP contribution in [0.25, 0.3) is 0 Å². The van der Waals surface area contributed by atoms with Crippen molar-refractivity contribution in [3.8, 4) is 0 Å². The fourth-order valence-corrected chi connectivity index (χ4v) is 4.22. The Kier molecular flexibility index (Phi) is 8.10. The van der Waals surface area contributed by atoms with Crippen molar-refractivity contribution in [1.82, 2.24) is 5.32 Å². The summed E-state index contributed by atoms with van der Waals surface area (Å²) < 4.78 is 6.08. The van der Waals surface area contributed by atoms with E-state index in [9.17, 15) is 0 Å². The predicted octanol–water partition coefficient (Wildman–Crippen LogP) is 5.06. The number of unbranched alkanes of at least 4 members (excludes halogenated alkanes) is 6. The highest BCUT2D eigenvalue weighted by Gasteiger charge is 2.43. The minimum atomic E-state index is 0.578. The van der Waals surface area contributed by atoms with Crippen molar-refractivity contribution in [3.05, 3.63) is 0 Å². The molecule has 2 bridgehead atoms. The van der Waals surface area contributed by atoms with E-state index in [1.54, 1.807) is 0 Å². The zero-order valence-corrected chi connectivity index (χ0v) is 14.4. The molecule has 2 saturated heterocycles. The molecule has 21 heavy (non-hydrogen) atoms. The maximum Gasteiger partial charge on any atom is 0.0623 e. The van der Waals surface area contributed by atoms with Gasteiger partial charge in [-0.3, -0.25) is 0 Å². The number of hydrogen-bond acceptors (Lipinski definition) is 2. The number of fused-ring (bicyclic) bond motifs is 2. The van der Waals surface area contributed by atoms with E-state index in [4.69, 9.17) is 4.74 Å². The van der Waals surface area contributed by atoms with Crippen LogP contribution in [0.4, 0.5) is 0 Å². The second-order valence-electron chi connectivity index (χ2n) is 7.24. The third-order valence-corrected chi connectivity index (χ3v) is 5.45. The smallest absolute Gasteiger partial charge is 0.0623 e. The maximum absolute atomic E-state index is 6.08. The predicted molar refractivity (Wildman–Crippen MR) is 90.7 cm³/mol. The van der Waals surface area contributed by atoms with Gasteiger partial charge in [0.25, 0.3) is 0 Å². The summed E-state index contributed by atoms with van der Waals surface area (Å²) in [6.45, 7) is 5.74. The molecule has 2 fully saturated rings. The van der Waals surface area contributed by atoms with Crippen molar-refractivity contribution >= 4 is 0 Å². The van der Waals surface area contributed by atoms with Gasteiger partial charge >= 0.3 is 0 Å². The Hall–Kier alpha value is -0.0800. The van der Waals surface area contributed by atoms with E-state index in [0.29, 0.717) is 12.2 Å². The number of nitrogens with one attached hydrogen (secondary N) is 1. The van der Waals surface area contributed by atoms with Crippen molar-refractivity contribution in [3.63, 3.8) is 0 Å². The SMILES string of the molecule is CCCCCCCCCC(NCCC)C1CC2CCC1O2. The summed E-state index contributed by atoms with van der Waals surface area (Å²) in [5.74, 6) is 0.801. The van der Waals surface area contributed by atoms with Gasteiger partial charge in [-0.25, -0.2) is 0 Å². The molecular weight excluding hydrogens is 258 g/mol. The summed E-state index contributed by atoms with van der Waals surface area (Å²) in [6.07, 6.45) is 17.7. The van der Waals surface area contributed by atoms with Crippen molar-refractivity contribution in [2.24, 2.45) is 5.92 Å². The molecule has 2 aliphatic rings. The van der Waals surface area contributed by atoms with Gasteiger partial charge in [0.05, 0.1) is 12.2 Å². The van der Waals surface area contributed by atoms with E-state index in [2.05, 4.69) is 19.2 Å². The quantitative estimate of drug-likeness (QED) is 0.508. The molecule has 2 nitrogen and oxygen atoms in total. The van der Waals surface area contributed by atoms with Crippen molar-refractivity contribution in [1.29, 1.82) is 0 Å². The van der Waals surface area contributed by atoms with Crippen LogP contribution in [0.2, 0.25) is 0 Å². The van der Waals surface area contributed by atoms with Crippen LogP contribution >= 0.6 is 0 Å². The summed E-state index contributed by atoms with van der Waals surface area (Å²) in [5, 5.41) is 3.83. The van der Waals surface area contributed by atoms with E-state index in [1.807, 2.05) is 0 Å². The van der Waals surface area contributed by atoms with Gasteiger partial charge in [0.2, 0.25) is 0 Å². The fourth-order valence-electron chi connectivity index (χ4n) is 4.22. The summed E-state index contributed by atoms with van der Waals surface area (Å²) in [6, 6.07) is 0.718. The first-order valence-electron chi connectivity index (χ1n) is 9.74. The molecule has 124 valence electrons. The van der Waals surface area contributed by atoms with Gasteiger partial charge in [-0.05, 0) is 38.6 Å².